The van der Waals surface area contributed by atoms with Gasteiger partial charge in [0.2, 0.25) is 0 Å². The maximum absolute atomic E-state index is 5.96. The summed E-state index contributed by atoms with van der Waals surface area (Å²) in [5.41, 5.74) is 7.86. The lowest BCUT2D eigenvalue weighted by atomic mass is 10.0. The molecule has 0 bridgehead atoms. The third kappa shape index (κ3) is 2.51. The largest absolute Gasteiger partial charge is 0.322 e. The molecule has 2 N–H and O–H groups in total. The summed E-state index contributed by atoms with van der Waals surface area (Å²) < 4.78 is 0. The van der Waals surface area contributed by atoms with E-state index in [1.165, 1.54) is 0 Å². The average molecular weight is 193 g/mol. The summed E-state index contributed by atoms with van der Waals surface area (Å²) in [6.45, 7) is 8.38. The summed E-state index contributed by atoms with van der Waals surface area (Å²) in [5.74, 6) is 0.820. The van der Waals surface area contributed by atoms with Crippen molar-refractivity contribution in [2.75, 3.05) is 0 Å². The van der Waals surface area contributed by atoms with Gasteiger partial charge in [0.25, 0.3) is 0 Å². The van der Waals surface area contributed by atoms with Gasteiger partial charge in [-0.05, 0) is 11.8 Å². The molecule has 0 aliphatic heterocycles. The van der Waals surface area contributed by atoms with Crippen LogP contribution in [0.15, 0.2) is 12.4 Å². The molecule has 1 heterocycles. The quantitative estimate of drug-likeness (QED) is 0.801. The third-order valence-electron chi connectivity index (χ3n) is 2.34. The molecular formula is C11H19N3. The number of nitrogens with zero attached hydrogens (tertiary/aromatic N) is 2. The predicted molar refractivity (Wildman–Crippen MR) is 57.9 cm³/mol. The minimum absolute atomic E-state index is 0.0105. The number of hydrogen-bond donors (Lipinski definition) is 1. The van der Waals surface area contributed by atoms with E-state index in [1.807, 2.05) is 6.20 Å². The van der Waals surface area contributed by atoms with Crippen LogP contribution >= 0.6 is 0 Å². The second-order valence-corrected chi connectivity index (χ2v) is 4.29. The lowest BCUT2D eigenvalue weighted by Gasteiger charge is -2.14. The number of rotatable bonds is 3. The molecule has 0 radical (unpaired) electrons. The maximum atomic E-state index is 5.96. The predicted octanol–water partition coefficient (Wildman–Crippen LogP) is 2.26. The highest BCUT2D eigenvalue weighted by molar-refractivity contribution is 5.09. The normalized spacial score (nSPS) is 13.6. The van der Waals surface area contributed by atoms with Gasteiger partial charge in [-0.3, -0.25) is 9.97 Å². The molecule has 0 aliphatic rings. The summed E-state index contributed by atoms with van der Waals surface area (Å²) in [5, 5.41) is 0. The van der Waals surface area contributed by atoms with Crippen LogP contribution in [0.4, 0.5) is 0 Å². The van der Waals surface area contributed by atoms with Gasteiger partial charge in [-0.15, -0.1) is 0 Å². The smallest absolute Gasteiger partial charge is 0.0756 e. The summed E-state index contributed by atoms with van der Waals surface area (Å²) in [6, 6.07) is -0.0105. The first-order valence-corrected chi connectivity index (χ1v) is 5.09. The third-order valence-corrected chi connectivity index (χ3v) is 2.34. The lowest BCUT2D eigenvalue weighted by molar-refractivity contribution is 0.500. The van der Waals surface area contributed by atoms with Gasteiger partial charge in [-0.2, -0.15) is 0 Å². The first-order chi connectivity index (χ1) is 6.52. The molecule has 0 saturated heterocycles. The second kappa shape index (κ2) is 4.51. The highest BCUT2D eigenvalue weighted by Crippen LogP contribution is 2.17. The molecular weight excluding hydrogens is 174 g/mol. The van der Waals surface area contributed by atoms with Crippen molar-refractivity contribution in [1.29, 1.82) is 0 Å². The Morgan fingerprint density at radius 1 is 1.00 bits per heavy atom. The van der Waals surface area contributed by atoms with E-state index in [1.54, 1.807) is 6.20 Å². The van der Waals surface area contributed by atoms with E-state index < -0.39 is 0 Å². The first kappa shape index (κ1) is 11.1. The van der Waals surface area contributed by atoms with E-state index in [9.17, 15) is 0 Å². The molecule has 0 fully saturated rings. The molecule has 1 rings (SSSR count). The van der Waals surface area contributed by atoms with Crippen LogP contribution in [0, 0.1) is 5.92 Å². The Balaban J connectivity index is 2.83. The fourth-order valence-corrected chi connectivity index (χ4v) is 1.16. The minimum Gasteiger partial charge on any atom is -0.322 e. The zero-order chi connectivity index (χ0) is 10.7. The van der Waals surface area contributed by atoms with Crippen molar-refractivity contribution in [2.24, 2.45) is 11.7 Å². The second-order valence-electron chi connectivity index (χ2n) is 4.29. The summed E-state index contributed by atoms with van der Waals surface area (Å²) in [6.07, 6.45) is 3.61. The maximum Gasteiger partial charge on any atom is 0.0756 e. The van der Waals surface area contributed by atoms with Crippen molar-refractivity contribution < 1.29 is 0 Å². The fourth-order valence-electron chi connectivity index (χ4n) is 1.16. The molecule has 3 nitrogen and oxygen atoms in total. The van der Waals surface area contributed by atoms with Crippen molar-refractivity contribution in [3.05, 3.63) is 23.8 Å². The van der Waals surface area contributed by atoms with Gasteiger partial charge in [0.15, 0.2) is 0 Å². The van der Waals surface area contributed by atoms with Crippen LogP contribution < -0.4 is 5.73 Å². The van der Waals surface area contributed by atoms with Gasteiger partial charge in [0.1, 0.15) is 0 Å². The van der Waals surface area contributed by atoms with E-state index in [-0.39, 0.29) is 6.04 Å². The van der Waals surface area contributed by atoms with Crippen LogP contribution in [0.25, 0.3) is 0 Å². The summed E-state index contributed by atoms with van der Waals surface area (Å²) >= 11 is 0. The van der Waals surface area contributed by atoms with Crippen molar-refractivity contribution in [1.82, 2.24) is 9.97 Å². The van der Waals surface area contributed by atoms with Crippen LogP contribution in [-0.2, 0) is 0 Å². The van der Waals surface area contributed by atoms with Crippen LogP contribution in [0.5, 0.6) is 0 Å². The van der Waals surface area contributed by atoms with Gasteiger partial charge in [-0.1, -0.05) is 27.7 Å². The zero-order valence-electron chi connectivity index (χ0n) is 9.36. The van der Waals surface area contributed by atoms with Crippen LogP contribution in [0.1, 0.15) is 51.0 Å². The standard InChI is InChI=1S/C11H19N3/c1-7(2)9-5-14-10(6-13-9)11(12)8(3)4/h5-8,11H,12H2,1-4H3/t11-/m0/s1. The first-order valence-electron chi connectivity index (χ1n) is 5.09. The van der Waals surface area contributed by atoms with E-state index >= 15 is 0 Å². The fraction of sp³-hybridized carbons (Fsp3) is 0.636. The van der Waals surface area contributed by atoms with Gasteiger partial charge in [0, 0.05) is 6.20 Å². The number of nitrogens with two attached hydrogens (primary N) is 1. The topological polar surface area (TPSA) is 51.8 Å². The molecule has 0 aromatic carbocycles. The molecule has 0 aliphatic carbocycles. The van der Waals surface area contributed by atoms with Crippen molar-refractivity contribution in [3.63, 3.8) is 0 Å². The Labute approximate surface area is 85.8 Å². The average Bonchev–Trinajstić information content (AvgIpc) is 2.16. The highest BCUT2D eigenvalue weighted by atomic mass is 14.8. The lowest BCUT2D eigenvalue weighted by Crippen LogP contribution is -2.18. The molecule has 0 saturated carbocycles. The Morgan fingerprint density at radius 2 is 1.50 bits per heavy atom. The Hall–Kier alpha value is -0.960. The molecule has 0 amide bonds. The van der Waals surface area contributed by atoms with Crippen LogP contribution in [0.3, 0.4) is 0 Å². The monoisotopic (exact) mass is 193 g/mol. The molecule has 1 aromatic rings. The number of aromatic nitrogens is 2. The van der Waals surface area contributed by atoms with E-state index in [0.29, 0.717) is 11.8 Å². The highest BCUT2D eigenvalue weighted by Gasteiger charge is 2.12. The Morgan fingerprint density at radius 3 is 1.86 bits per heavy atom. The molecule has 14 heavy (non-hydrogen) atoms. The summed E-state index contributed by atoms with van der Waals surface area (Å²) in [7, 11) is 0. The van der Waals surface area contributed by atoms with E-state index in [0.717, 1.165) is 11.4 Å². The van der Waals surface area contributed by atoms with E-state index in [2.05, 4.69) is 37.7 Å². The van der Waals surface area contributed by atoms with Crippen LogP contribution in [-0.4, -0.2) is 9.97 Å². The van der Waals surface area contributed by atoms with Crippen molar-refractivity contribution >= 4 is 0 Å². The Kier molecular flexibility index (Phi) is 3.58. The molecule has 3 heteroatoms. The van der Waals surface area contributed by atoms with Gasteiger partial charge >= 0.3 is 0 Å². The Bertz CT molecular complexity index is 277. The van der Waals surface area contributed by atoms with Gasteiger partial charge < -0.3 is 5.73 Å². The SMILES string of the molecule is CC(C)c1cnc([C@@H](N)C(C)C)cn1. The van der Waals surface area contributed by atoms with E-state index in [4.69, 9.17) is 5.73 Å². The molecule has 1 aromatic heterocycles. The molecule has 1 atom stereocenters. The molecule has 0 unspecified atom stereocenters. The molecule has 0 spiro atoms. The van der Waals surface area contributed by atoms with Crippen LogP contribution in [0.2, 0.25) is 0 Å². The minimum atomic E-state index is -0.0105. The molecule has 78 valence electrons. The number of hydrogen-bond acceptors (Lipinski definition) is 3. The van der Waals surface area contributed by atoms with Crippen molar-refractivity contribution in [2.45, 2.75) is 39.7 Å². The zero-order valence-corrected chi connectivity index (χ0v) is 9.36. The van der Waals surface area contributed by atoms with Crippen molar-refractivity contribution in [3.8, 4) is 0 Å². The summed E-state index contributed by atoms with van der Waals surface area (Å²) in [4.78, 5) is 8.67. The van der Waals surface area contributed by atoms with Gasteiger partial charge in [0.05, 0.1) is 23.6 Å². The van der Waals surface area contributed by atoms with Gasteiger partial charge in [-0.25, -0.2) is 0 Å².